The third kappa shape index (κ3) is 2.12. The first kappa shape index (κ1) is 11.2. The number of aromatic nitrogens is 1. The zero-order valence-electron chi connectivity index (χ0n) is 10.5. The van der Waals surface area contributed by atoms with Gasteiger partial charge in [-0.25, -0.2) is 0 Å². The van der Waals surface area contributed by atoms with E-state index in [1.165, 1.54) is 27.7 Å². The number of hydrogen-bond acceptors (Lipinski definition) is 1. The molecule has 0 unspecified atom stereocenters. The maximum absolute atomic E-state index is 3.50. The van der Waals surface area contributed by atoms with Crippen molar-refractivity contribution in [3.63, 3.8) is 0 Å². The number of rotatable bonds is 3. The summed E-state index contributed by atoms with van der Waals surface area (Å²) in [5.41, 5.74) is 5.24. The van der Waals surface area contributed by atoms with Crippen molar-refractivity contribution in [2.24, 2.45) is 0 Å². The molecule has 0 fully saturated rings. The van der Waals surface area contributed by atoms with E-state index in [0.717, 1.165) is 6.54 Å². The van der Waals surface area contributed by atoms with Gasteiger partial charge in [-0.05, 0) is 36.4 Å². The van der Waals surface area contributed by atoms with Crippen LogP contribution >= 0.6 is 0 Å². The Morgan fingerprint density at radius 2 is 2.00 bits per heavy atom. The van der Waals surface area contributed by atoms with E-state index in [1.807, 2.05) is 0 Å². The predicted molar refractivity (Wildman–Crippen MR) is 69.7 cm³/mol. The Morgan fingerprint density at radius 3 is 2.69 bits per heavy atom. The van der Waals surface area contributed by atoms with Crippen molar-refractivity contribution in [3.05, 3.63) is 35.0 Å². The summed E-state index contributed by atoms with van der Waals surface area (Å²) in [7, 11) is 0. The molecule has 86 valence electrons. The maximum atomic E-state index is 3.50. The van der Waals surface area contributed by atoms with Crippen LogP contribution in [0.4, 0.5) is 0 Å². The minimum absolute atomic E-state index is 0.522. The van der Waals surface area contributed by atoms with E-state index < -0.39 is 0 Å². The Labute approximate surface area is 97.1 Å². The lowest BCUT2D eigenvalue weighted by Gasteiger charge is -2.05. The molecule has 1 heterocycles. The van der Waals surface area contributed by atoms with Crippen molar-refractivity contribution < 1.29 is 0 Å². The van der Waals surface area contributed by atoms with E-state index in [2.05, 4.69) is 56.2 Å². The molecule has 2 heteroatoms. The highest BCUT2D eigenvalue weighted by molar-refractivity contribution is 5.84. The largest absolute Gasteiger partial charge is 0.357 e. The molecular weight excluding hydrogens is 196 g/mol. The average Bonchev–Trinajstić information content (AvgIpc) is 2.64. The van der Waals surface area contributed by atoms with Crippen LogP contribution in [0, 0.1) is 13.8 Å². The van der Waals surface area contributed by atoms with Crippen LogP contribution in [0.1, 0.15) is 30.7 Å². The van der Waals surface area contributed by atoms with Gasteiger partial charge in [-0.15, -0.1) is 0 Å². The van der Waals surface area contributed by atoms with Gasteiger partial charge in [0.05, 0.1) is 0 Å². The molecule has 0 aliphatic heterocycles. The van der Waals surface area contributed by atoms with Crippen molar-refractivity contribution in [1.29, 1.82) is 0 Å². The normalized spacial score (nSPS) is 11.6. The number of aryl methyl sites for hydroxylation is 2. The van der Waals surface area contributed by atoms with Crippen molar-refractivity contribution in [2.75, 3.05) is 0 Å². The molecule has 1 aromatic heterocycles. The summed E-state index contributed by atoms with van der Waals surface area (Å²) in [6, 6.07) is 7.13. The first-order chi connectivity index (χ1) is 7.58. The molecule has 0 radical (unpaired) electrons. The average molecular weight is 216 g/mol. The second kappa shape index (κ2) is 4.30. The van der Waals surface area contributed by atoms with Crippen LogP contribution in [-0.4, -0.2) is 11.0 Å². The van der Waals surface area contributed by atoms with Crippen molar-refractivity contribution >= 4 is 10.9 Å². The van der Waals surface area contributed by atoms with Crippen LogP contribution in [-0.2, 0) is 6.54 Å². The van der Waals surface area contributed by atoms with Gasteiger partial charge in [0.15, 0.2) is 0 Å². The Hall–Kier alpha value is -1.28. The van der Waals surface area contributed by atoms with Gasteiger partial charge in [0.25, 0.3) is 0 Å². The highest BCUT2D eigenvalue weighted by Gasteiger charge is 2.05. The fraction of sp³-hybridized carbons (Fsp3) is 0.429. The Kier molecular flexibility index (Phi) is 3.01. The van der Waals surface area contributed by atoms with Gasteiger partial charge < -0.3 is 10.3 Å². The van der Waals surface area contributed by atoms with Gasteiger partial charge in [-0.1, -0.05) is 26.0 Å². The molecule has 2 rings (SSSR count). The fourth-order valence-electron chi connectivity index (χ4n) is 1.92. The van der Waals surface area contributed by atoms with Crippen LogP contribution in [0.2, 0.25) is 0 Å². The smallest absolute Gasteiger partial charge is 0.0488 e. The molecule has 1 aromatic carbocycles. The first-order valence-electron chi connectivity index (χ1n) is 5.89. The monoisotopic (exact) mass is 216 g/mol. The lowest BCUT2D eigenvalue weighted by Crippen LogP contribution is -2.21. The Bertz CT molecular complexity index is 495. The third-order valence-corrected chi connectivity index (χ3v) is 3.08. The van der Waals surface area contributed by atoms with Crippen LogP contribution in [0.5, 0.6) is 0 Å². The molecule has 0 saturated heterocycles. The summed E-state index contributed by atoms with van der Waals surface area (Å²) >= 11 is 0. The van der Waals surface area contributed by atoms with E-state index >= 15 is 0 Å². The highest BCUT2D eigenvalue weighted by atomic mass is 14.9. The molecular formula is C14H20N2. The third-order valence-electron chi connectivity index (χ3n) is 3.08. The molecule has 2 nitrogen and oxygen atoms in total. The predicted octanol–water partition coefficient (Wildman–Crippen LogP) is 3.28. The fourth-order valence-corrected chi connectivity index (χ4v) is 1.92. The minimum Gasteiger partial charge on any atom is -0.357 e. The molecule has 16 heavy (non-hydrogen) atoms. The number of nitrogens with one attached hydrogen (secondary N) is 2. The lowest BCUT2D eigenvalue weighted by atomic mass is 10.1. The first-order valence-corrected chi connectivity index (χ1v) is 5.89. The van der Waals surface area contributed by atoms with E-state index in [4.69, 9.17) is 0 Å². The van der Waals surface area contributed by atoms with Gasteiger partial charge in [0, 0.05) is 23.8 Å². The molecule has 0 spiro atoms. The van der Waals surface area contributed by atoms with Crippen LogP contribution in [0.3, 0.4) is 0 Å². The minimum atomic E-state index is 0.522. The SMILES string of the molecule is Cc1ccc2cc(CNC(C)C)[nH]c2c1C. The van der Waals surface area contributed by atoms with E-state index in [0.29, 0.717) is 6.04 Å². The summed E-state index contributed by atoms with van der Waals surface area (Å²) in [6.07, 6.45) is 0. The summed E-state index contributed by atoms with van der Waals surface area (Å²) in [5, 5.41) is 4.73. The number of hydrogen-bond donors (Lipinski definition) is 2. The summed E-state index contributed by atoms with van der Waals surface area (Å²) in [6.45, 7) is 9.57. The van der Waals surface area contributed by atoms with Crippen molar-refractivity contribution in [2.45, 2.75) is 40.3 Å². The van der Waals surface area contributed by atoms with Crippen LogP contribution in [0.25, 0.3) is 10.9 Å². The van der Waals surface area contributed by atoms with Gasteiger partial charge in [0.1, 0.15) is 0 Å². The van der Waals surface area contributed by atoms with E-state index in [1.54, 1.807) is 0 Å². The highest BCUT2D eigenvalue weighted by Crippen LogP contribution is 2.21. The molecule has 2 N–H and O–H groups in total. The zero-order valence-corrected chi connectivity index (χ0v) is 10.5. The number of benzene rings is 1. The second-order valence-corrected chi connectivity index (χ2v) is 4.80. The van der Waals surface area contributed by atoms with E-state index in [9.17, 15) is 0 Å². The molecule has 0 aliphatic rings. The quantitative estimate of drug-likeness (QED) is 0.809. The summed E-state index contributed by atoms with van der Waals surface area (Å²) < 4.78 is 0. The maximum Gasteiger partial charge on any atom is 0.0488 e. The topological polar surface area (TPSA) is 27.8 Å². The molecule has 2 aromatic rings. The number of H-pyrrole nitrogens is 1. The van der Waals surface area contributed by atoms with Crippen molar-refractivity contribution in [3.8, 4) is 0 Å². The molecule has 0 amide bonds. The standard InChI is InChI=1S/C14H20N2/c1-9(2)15-8-13-7-12-6-5-10(3)11(4)14(12)16-13/h5-7,9,15-16H,8H2,1-4H3. The van der Waals surface area contributed by atoms with Crippen LogP contribution in [0.15, 0.2) is 18.2 Å². The second-order valence-electron chi connectivity index (χ2n) is 4.80. The molecule has 0 atom stereocenters. The van der Waals surface area contributed by atoms with Gasteiger partial charge >= 0.3 is 0 Å². The Balaban J connectivity index is 2.33. The van der Waals surface area contributed by atoms with Gasteiger partial charge in [-0.2, -0.15) is 0 Å². The van der Waals surface area contributed by atoms with Crippen molar-refractivity contribution in [1.82, 2.24) is 10.3 Å². The molecule has 0 aliphatic carbocycles. The molecule has 0 saturated carbocycles. The number of fused-ring (bicyclic) bond motifs is 1. The summed E-state index contributed by atoms with van der Waals surface area (Å²) in [5.74, 6) is 0. The van der Waals surface area contributed by atoms with Gasteiger partial charge in [0.2, 0.25) is 0 Å². The number of aromatic amines is 1. The van der Waals surface area contributed by atoms with Gasteiger partial charge in [-0.3, -0.25) is 0 Å². The lowest BCUT2D eigenvalue weighted by molar-refractivity contribution is 0.583. The summed E-state index contributed by atoms with van der Waals surface area (Å²) in [4.78, 5) is 3.50. The van der Waals surface area contributed by atoms with E-state index in [-0.39, 0.29) is 0 Å². The Morgan fingerprint density at radius 1 is 1.25 bits per heavy atom. The van der Waals surface area contributed by atoms with Crippen LogP contribution < -0.4 is 5.32 Å². The molecule has 0 bridgehead atoms. The zero-order chi connectivity index (χ0) is 11.7.